The number of benzene rings is 2. The summed E-state index contributed by atoms with van der Waals surface area (Å²) in [5.41, 5.74) is 3.29. The first-order valence-corrected chi connectivity index (χ1v) is 8.58. The van der Waals surface area contributed by atoms with Gasteiger partial charge in [-0.3, -0.25) is 0 Å². The Hall–Kier alpha value is -2.34. The maximum atomic E-state index is 10.7. The van der Waals surface area contributed by atoms with Crippen molar-refractivity contribution in [2.75, 3.05) is 0 Å². The molecule has 0 saturated carbocycles. The topological polar surface area (TPSA) is 23.5 Å². The van der Waals surface area contributed by atoms with Gasteiger partial charge in [-0.2, -0.15) is 5.06 Å². The minimum atomic E-state index is -0.325. The quantitative estimate of drug-likeness (QED) is 0.625. The molecule has 2 aromatic rings. The second-order valence-electron chi connectivity index (χ2n) is 6.14. The molecule has 2 heteroatoms. The molecular weight excluding hydrogens is 294 g/mol. The predicted octanol–water partition coefficient (Wildman–Crippen LogP) is 5.12. The molecule has 0 saturated heterocycles. The fraction of sp³-hybridized carbons (Fsp3) is 0.273. The standard InChI is InChI=1S/C22H23NO/c24-23(18-20-12-6-2-7-13-20)22(21-14-8-3-9-15-21)17-16-19-10-4-1-5-11-19/h2-3,6-10,12-15,22,24H,1,4-5,11,18H2. The molecule has 0 radical (unpaired) electrons. The third kappa shape index (κ3) is 4.58. The van der Waals surface area contributed by atoms with E-state index < -0.39 is 0 Å². The summed E-state index contributed by atoms with van der Waals surface area (Å²) in [7, 11) is 0. The van der Waals surface area contributed by atoms with Crippen molar-refractivity contribution < 1.29 is 5.21 Å². The van der Waals surface area contributed by atoms with E-state index in [0.29, 0.717) is 6.54 Å². The van der Waals surface area contributed by atoms with Gasteiger partial charge in [0.25, 0.3) is 0 Å². The Balaban J connectivity index is 1.82. The van der Waals surface area contributed by atoms with Crippen LogP contribution in [0.2, 0.25) is 0 Å². The van der Waals surface area contributed by atoms with Gasteiger partial charge in [0.1, 0.15) is 6.04 Å². The molecule has 122 valence electrons. The van der Waals surface area contributed by atoms with Gasteiger partial charge in [0, 0.05) is 0 Å². The summed E-state index contributed by atoms with van der Waals surface area (Å²) in [6.45, 7) is 0.453. The molecule has 24 heavy (non-hydrogen) atoms. The number of hydrogen-bond donors (Lipinski definition) is 1. The van der Waals surface area contributed by atoms with Crippen molar-refractivity contribution in [2.24, 2.45) is 0 Å². The summed E-state index contributed by atoms with van der Waals surface area (Å²) in [6.07, 6.45) is 6.87. The van der Waals surface area contributed by atoms with Crippen LogP contribution in [0.15, 0.2) is 72.3 Å². The van der Waals surface area contributed by atoms with Crippen LogP contribution in [0.1, 0.15) is 42.9 Å². The van der Waals surface area contributed by atoms with Crippen molar-refractivity contribution >= 4 is 0 Å². The lowest BCUT2D eigenvalue weighted by Gasteiger charge is -2.22. The third-order valence-corrected chi connectivity index (χ3v) is 4.26. The van der Waals surface area contributed by atoms with Crippen LogP contribution >= 0.6 is 0 Å². The van der Waals surface area contributed by atoms with Crippen LogP contribution in [-0.4, -0.2) is 10.3 Å². The lowest BCUT2D eigenvalue weighted by Crippen LogP contribution is -2.24. The van der Waals surface area contributed by atoms with Crippen molar-refractivity contribution in [3.05, 3.63) is 83.4 Å². The molecule has 0 spiro atoms. The lowest BCUT2D eigenvalue weighted by atomic mass is 9.99. The van der Waals surface area contributed by atoms with Crippen LogP contribution < -0.4 is 0 Å². The van der Waals surface area contributed by atoms with Crippen LogP contribution in [0.3, 0.4) is 0 Å². The van der Waals surface area contributed by atoms with E-state index in [0.717, 1.165) is 24.0 Å². The van der Waals surface area contributed by atoms with Crippen LogP contribution in [0.4, 0.5) is 0 Å². The second-order valence-corrected chi connectivity index (χ2v) is 6.14. The molecule has 1 aliphatic carbocycles. The van der Waals surface area contributed by atoms with E-state index in [2.05, 4.69) is 17.9 Å². The van der Waals surface area contributed by atoms with E-state index in [1.165, 1.54) is 23.5 Å². The Kier molecular flexibility index (Phi) is 5.85. The number of allylic oxidation sites excluding steroid dienone is 2. The Morgan fingerprint density at radius 2 is 1.67 bits per heavy atom. The zero-order valence-electron chi connectivity index (χ0n) is 13.9. The van der Waals surface area contributed by atoms with Gasteiger partial charge in [-0.05, 0) is 42.4 Å². The summed E-state index contributed by atoms with van der Waals surface area (Å²) in [5.74, 6) is 6.58. The average molecular weight is 317 g/mol. The molecule has 0 fully saturated rings. The molecule has 0 aliphatic heterocycles. The fourth-order valence-corrected chi connectivity index (χ4v) is 2.94. The number of rotatable bonds is 4. The molecule has 2 nitrogen and oxygen atoms in total. The van der Waals surface area contributed by atoms with E-state index in [9.17, 15) is 5.21 Å². The van der Waals surface area contributed by atoms with Crippen molar-refractivity contribution in [3.8, 4) is 11.8 Å². The fourth-order valence-electron chi connectivity index (χ4n) is 2.94. The Morgan fingerprint density at radius 3 is 2.33 bits per heavy atom. The van der Waals surface area contributed by atoms with Crippen LogP contribution in [0.25, 0.3) is 0 Å². The van der Waals surface area contributed by atoms with E-state index in [-0.39, 0.29) is 6.04 Å². The molecule has 1 atom stereocenters. The monoisotopic (exact) mass is 317 g/mol. The van der Waals surface area contributed by atoms with E-state index in [1.54, 1.807) is 0 Å². The SMILES string of the molecule is ON(Cc1ccccc1)C(C#CC1=CCCCC1)c1ccccc1. The van der Waals surface area contributed by atoms with E-state index in [1.807, 2.05) is 60.7 Å². The van der Waals surface area contributed by atoms with Crippen LogP contribution in [0.5, 0.6) is 0 Å². The number of nitrogens with zero attached hydrogens (tertiary/aromatic N) is 1. The van der Waals surface area contributed by atoms with Crippen molar-refractivity contribution in [1.29, 1.82) is 0 Å². The number of hydroxylamine groups is 2. The smallest absolute Gasteiger partial charge is 0.121 e. The summed E-state index contributed by atoms with van der Waals surface area (Å²) in [5, 5.41) is 12.0. The first-order valence-electron chi connectivity index (χ1n) is 8.58. The summed E-state index contributed by atoms with van der Waals surface area (Å²) >= 11 is 0. The van der Waals surface area contributed by atoms with Gasteiger partial charge in [-0.15, -0.1) is 0 Å². The Morgan fingerprint density at radius 1 is 0.958 bits per heavy atom. The normalized spacial score (nSPS) is 15.3. The molecular formula is C22H23NO. The van der Waals surface area contributed by atoms with Gasteiger partial charge < -0.3 is 5.21 Å². The molecule has 1 unspecified atom stereocenters. The zero-order chi connectivity index (χ0) is 16.6. The predicted molar refractivity (Wildman–Crippen MR) is 97.3 cm³/mol. The highest BCUT2D eigenvalue weighted by atomic mass is 16.5. The molecule has 0 aromatic heterocycles. The van der Waals surface area contributed by atoms with Gasteiger partial charge >= 0.3 is 0 Å². The van der Waals surface area contributed by atoms with Crippen LogP contribution in [0, 0.1) is 11.8 Å². The zero-order valence-corrected chi connectivity index (χ0v) is 13.9. The van der Waals surface area contributed by atoms with Gasteiger partial charge in [-0.1, -0.05) is 78.6 Å². The highest BCUT2D eigenvalue weighted by molar-refractivity contribution is 5.35. The minimum Gasteiger partial charge on any atom is -0.312 e. The summed E-state index contributed by atoms with van der Waals surface area (Å²) in [6, 6.07) is 19.6. The van der Waals surface area contributed by atoms with Crippen molar-refractivity contribution in [1.82, 2.24) is 5.06 Å². The Labute approximate surface area is 144 Å². The van der Waals surface area contributed by atoms with Gasteiger partial charge in [0.2, 0.25) is 0 Å². The van der Waals surface area contributed by atoms with Gasteiger partial charge in [0.05, 0.1) is 6.54 Å². The van der Waals surface area contributed by atoms with E-state index >= 15 is 0 Å². The maximum Gasteiger partial charge on any atom is 0.121 e. The first kappa shape index (κ1) is 16.5. The third-order valence-electron chi connectivity index (χ3n) is 4.26. The molecule has 0 bridgehead atoms. The van der Waals surface area contributed by atoms with Crippen molar-refractivity contribution in [3.63, 3.8) is 0 Å². The van der Waals surface area contributed by atoms with E-state index in [4.69, 9.17) is 0 Å². The summed E-state index contributed by atoms with van der Waals surface area (Å²) in [4.78, 5) is 0. The molecule has 0 heterocycles. The second kappa shape index (κ2) is 8.49. The minimum absolute atomic E-state index is 0.325. The van der Waals surface area contributed by atoms with Gasteiger partial charge in [0.15, 0.2) is 0 Å². The molecule has 2 aromatic carbocycles. The largest absolute Gasteiger partial charge is 0.312 e. The molecule has 1 aliphatic rings. The maximum absolute atomic E-state index is 10.7. The van der Waals surface area contributed by atoms with Crippen molar-refractivity contribution in [2.45, 2.75) is 38.3 Å². The highest BCUT2D eigenvalue weighted by Gasteiger charge is 2.17. The first-order chi connectivity index (χ1) is 11.8. The summed E-state index contributed by atoms with van der Waals surface area (Å²) < 4.78 is 0. The van der Waals surface area contributed by atoms with Gasteiger partial charge in [-0.25, -0.2) is 0 Å². The lowest BCUT2D eigenvalue weighted by molar-refractivity contribution is -0.121. The molecule has 3 rings (SSSR count). The molecule has 0 amide bonds. The average Bonchev–Trinajstić information content (AvgIpc) is 2.64. The Bertz CT molecular complexity index is 725. The molecule has 1 N–H and O–H groups in total. The van der Waals surface area contributed by atoms with Crippen LogP contribution in [-0.2, 0) is 6.54 Å². The highest BCUT2D eigenvalue weighted by Crippen LogP contribution is 2.22. The number of hydrogen-bond acceptors (Lipinski definition) is 2.